The Hall–Kier alpha value is -3.07. The molecule has 2 atom stereocenters. The fourth-order valence-electron chi connectivity index (χ4n) is 5.17. The first-order chi connectivity index (χ1) is 18.2. The molecule has 1 aliphatic rings. The van der Waals surface area contributed by atoms with Crippen LogP contribution in [0.2, 0.25) is 5.02 Å². The zero-order chi connectivity index (χ0) is 26.9. The molecular formula is C29H35ClN6O2. The fraction of sp³-hybridized carbons (Fsp3) is 0.448. The highest BCUT2D eigenvalue weighted by atomic mass is 35.5. The van der Waals surface area contributed by atoms with E-state index in [0.717, 1.165) is 42.3 Å². The van der Waals surface area contributed by atoms with Crippen LogP contribution in [0.1, 0.15) is 69.1 Å². The van der Waals surface area contributed by atoms with Gasteiger partial charge >= 0.3 is 0 Å². The normalized spacial score (nSPS) is 16.9. The van der Waals surface area contributed by atoms with E-state index < -0.39 is 6.04 Å². The second-order valence-electron chi connectivity index (χ2n) is 11.0. The molecule has 1 N–H and O–H groups in total. The molecule has 2 aromatic carbocycles. The van der Waals surface area contributed by atoms with Crippen molar-refractivity contribution in [2.75, 3.05) is 13.2 Å². The Labute approximate surface area is 228 Å². The predicted molar refractivity (Wildman–Crippen MR) is 149 cm³/mol. The molecule has 1 saturated heterocycles. The van der Waals surface area contributed by atoms with Gasteiger partial charge < -0.3 is 9.72 Å². The van der Waals surface area contributed by atoms with Gasteiger partial charge in [-0.15, -0.1) is 5.10 Å². The van der Waals surface area contributed by atoms with Gasteiger partial charge in [-0.2, -0.15) is 0 Å². The molecule has 3 heterocycles. The molecule has 0 bridgehead atoms. The van der Waals surface area contributed by atoms with E-state index in [1.54, 1.807) is 0 Å². The highest BCUT2D eigenvalue weighted by Gasteiger charge is 2.35. The van der Waals surface area contributed by atoms with E-state index in [-0.39, 0.29) is 17.2 Å². The van der Waals surface area contributed by atoms with Crippen LogP contribution in [-0.4, -0.2) is 49.3 Å². The van der Waals surface area contributed by atoms with Gasteiger partial charge in [0, 0.05) is 35.8 Å². The molecule has 0 saturated carbocycles. The van der Waals surface area contributed by atoms with E-state index in [9.17, 15) is 4.79 Å². The molecule has 1 aliphatic heterocycles. The van der Waals surface area contributed by atoms with Gasteiger partial charge in [-0.05, 0) is 97.3 Å². The number of ether oxygens (including phenoxy) is 1. The molecule has 200 valence electrons. The van der Waals surface area contributed by atoms with Crippen LogP contribution in [-0.2, 0) is 23.2 Å². The lowest BCUT2D eigenvalue weighted by Crippen LogP contribution is -2.40. The van der Waals surface area contributed by atoms with E-state index in [0.29, 0.717) is 29.5 Å². The van der Waals surface area contributed by atoms with Crippen LogP contribution in [0.15, 0.2) is 53.3 Å². The maximum absolute atomic E-state index is 13.7. The van der Waals surface area contributed by atoms with E-state index in [1.807, 2.05) is 41.1 Å². The first kappa shape index (κ1) is 26.5. The topological polar surface area (TPSA) is 88.9 Å². The number of rotatable bonds is 8. The number of aromatic amines is 1. The number of H-pyrrole nitrogens is 1. The van der Waals surface area contributed by atoms with Crippen LogP contribution in [0, 0.1) is 0 Å². The van der Waals surface area contributed by atoms with E-state index in [1.165, 1.54) is 5.56 Å². The van der Waals surface area contributed by atoms with Gasteiger partial charge in [0.25, 0.3) is 5.56 Å². The smallest absolute Gasteiger partial charge is 0.253 e. The zero-order valence-corrected chi connectivity index (χ0v) is 23.2. The Morgan fingerprint density at radius 1 is 1.16 bits per heavy atom. The van der Waals surface area contributed by atoms with Crippen molar-refractivity contribution < 1.29 is 4.74 Å². The van der Waals surface area contributed by atoms with Crippen molar-refractivity contribution in [2.24, 2.45) is 0 Å². The van der Waals surface area contributed by atoms with Crippen molar-refractivity contribution in [1.82, 2.24) is 30.1 Å². The maximum Gasteiger partial charge on any atom is 0.253 e. The SMILES string of the molecule is CCc1ccc2[nH]c(=O)c(C(c3nnnn3C(C)(C)C)N(Cc3ccc(Cl)cc3)CC3CCCO3)cc2c1. The van der Waals surface area contributed by atoms with Crippen LogP contribution in [0.4, 0.5) is 0 Å². The first-order valence-corrected chi connectivity index (χ1v) is 13.7. The van der Waals surface area contributed by atoms with Crippen LogP contribution >= 0.6 is 11.6 Å². The van der Waals surface area contributed by atoms with Gasteiger partial charge in [0.05, 0.1) is 11.6 Å². The van der Waals surface area contributed by atoms with Crippen LogP contribution in [0.25, 0.3) is 10.9 Å². The molecule has 4 aromatic rings. The number of hydrogen-bond acceptors (Lipinski definition) is 6. The average Bonchev–Trinajstić information content (AvgIpc) is 3.58. The van der Waals surface area contributed by atoms with Gasteiger partial charge in [0.2, 0.25) is 0 Å². The summed E-state index contributed by atoms with van der Waals surface area (Å²) < 4.78 is 7.89. The number of aryl methyl sites for hydroxylation is 1. The zero-order valence-electron chi connectivity index (χ0n) is 22.4. The Balaban J connectivity index is 1.69. The number of hydrogen-bond donors (Lipinski definition) is 1. The van der Waals surface area contributed by atoms with Gasteiger partial charge in [0.1, 0.15) is 6.04 Å². The molecule has 0 spiro atoms. The summed E-state index contributed by atoms with van der Waals surface area (Å²) in [7, 11) is 0. The molecule has 2 unspecified atom stereocenters. The van der Waals surface area contributed by atoms with Crippen molar-refractivity contribution in [1.29, 1.82) is 0 Å². The third kappa shape index (κ3) is 5.67. The highest BCUT2D eigenvalue weighted by molar-refractivity contribution is 6.30. The Bertz CT molecular complexity index is 1450. The summed E-state index contributed by atoms with van der Waals surface area (Å²) in [5.74, 6) is 0.626. The van der Waals surface area contributed by atoms with Crippen molar-refractivity contribution in [2.45, 2.75) is 71.2 Å². The molecule has 38 heavy (non-hydrogen) atoms. The molecule has 0 radical (unpaired) electrons. The summed E-state index contributed by atoms with van der Waals surface area (Å²) in [6.45, 7) is 10.3. The second-order valence-corrected chi connectivity index (χ2v) is 11.5. The summed E-state index contributed by atoms with van der Waals surface area (Å²) in [6, 6.07) is 15.5. The second kappa shape index (κ2) is 11.0. The first-order valence-electron chi connectivity index (χ1n) is 13.3. The number of benzene rings is 2. The molecule has 2 aromatic heterocycles. The third-order valence-corrected chi connectivity index (χ3v) is 7.39. The van der Waals surface area contributed by atoms with Crippen molar-refractivity contribution in [3.63, 3.8) is 0 Å². The number of nitrogens with one attached hydrogen (secondary N) is 1. The molecule has 0 amide bonds. The maximum atomic E-state index is 13.7. The summed E-state index contributed by atoms with van der Waals surface area (Å²) >= 11 is 6.19. The fourth-order valence-corrected chi connectivity index (χ4v) is 5.30. The quantitative estimate of drug-likeness (QED) is 0.332. The highest BCUT2D eigenvalue weighted by Crippen LogP contribution is 2.32. The lowest BCUT2D eigenvalue weighted by molar-refractivity contribution is 0.0564. The van der Waals surface area contributed by atoms with Crippen molar-refractivity contribution in [3.8, 4) is 0 Å². The number of pyridine rings is 1. The number of nitrogens with zero attached hydrogens (tertiary/aromatic N) is 5. The van der Waals surface area contributed by atoms with Gasteiger partial charge in [-0.1, -0.05) is 36.7 Å². The number of aromatic nitrogens is 5. The third-order valence-electron chi connectivity index (χ3n) is 7.14. The molecular weight excluding hydrogens is 500 g/mol. The summed E-state index contributed by atoms with van der Waals surface area (Å²) in [6.07, 6.45) is 2.98. The number of tetrazole rings is 1. The number of halogens is 1. The molecule has 9 heteroatoms. The number of fused-ring (bicyclic) bond motifs is 1. The Morgan fingerprint density at radius 2 is 1.92 bits per heavy atom. The molecule has 1 fully saturated rings. The average molecular weight is 535 g/mol. The Kier molecular flexibility index (Phi) is 7.66. The van der Waals surface area contributed by atoms with E-state index in [4.69, 9.17) is 16.3 Å². The van der Waals surface area contributed by atoms with Gasteiger partial charge in [-0.3, -0.25) is 9.69 Å². The minimum Gasteiger partial charge on any atom is -0.377 e. The van der Waals surface area contributed by atoms with Crippen molar-refractivity contribution in [3.05, 3.63) is 86.4 Å². The van der Waals surface area contributed by atoms with Gasteiger partial charge in [0.15, 0.2) is 5.82 Å². The van der Waals surface area contributed by atoms with Crippen molar-refractivity contribution >= 4 is 22.5 Å². The minimum atomic E-state index is -0.498. The lowest BCUT2D eigenvalue weighted by atomic mass is 9.99. The van der Waals surface area contributed by atoms with E-state index >= 15 is 0 Å². The van der Waals surface area contributed by atoms with Gasteiger partial charge in [-0.25, -0.2) is 4.68 Å². The van der Waals surface area contributed by atoms with E-state index in [2.05, 4.69) is 65.2 Å². The van der Waals surface area contributed by atoms with Crippen LogP contribution < -0.4 is 5.56 Å². The summed E-state index contributed by atoms with van der Waals surface area (Å²) in [5.41, 5.74) is 3.18. The summed E-state index contributed by atoms with van der Waals surface area (Å²) in [4.78, 5) is 19.1. The summed E-state index contributed by atoms with van der Waals surface area (Å²) in [5, 5.41) is 14.6. The lowest BCUT2D eigenvalue weighted by Gasteiger charge is -2.34. The standard InChI is InChI=1S/C29H35ClN6O2/c1-5-19-10-13-25-21(15-19)16-24(28(37)31-25)26(27-32-33-34-36(27)29(2,3)4)35(18-23-7-6-14-38-23)17-20-8-11-22(30)12-9-20/h8-13,15-16,23,26H,5-7,14,17-18H2,1-4H3,(H,31,37). The van der Waals surface area contributed by atoms with Crippen LogP contribution in [0.3, 0.4) is 0 Å². The molecule has 5 rings (SSSR count). The Morgan fingerprint density at radius 3 is 2.61 bits per heavy atom. The monoisotopic (exact) mass is 534 g/mol. The largest absolute Gasteiger partial charge is 0.377 e. The van der Waals surface area contributed by atoms with Crippen LogP contribution in [0.5, 0.6) is 0 Å². The predicted octanol–water partition coefficient (Wildman–Crippen LogP) is 5.26. The minimum absolute atomic E-state index is 0.0648. The molecule has 0 aliphatic carbocycles. The molecule has 8 nitrogen and oxygen atoms in total.